The number of amides is 1. The van der Waals surface area contributed by atoms with Crippen molar-refractivity contribution in [3.8, 4) is 17.2 Å². The fourth-order valence-electron chi connectivity index (χ4n) is 3.63. The van der Waals surface area contributed by atoms with Gasteiger partial charge in [0.1, 0.15) is 17.2 Å². The molecule has 2 aromatic rings. The lowest BCUT2D eigenvalue weighted by Crippen LogP contribution is -2.38. The first-order valence-electron chi connectivity index (χ1n) is 9.58. The summed E-state index contributed by atoms with van der Waals surface area (Å²) >= 11 is 1.29. The third-order valence-electron chi connectivity index (χ3n) is 5.04. The van der Waals surface area contributed by atoms with Crippen molar-refractivity contribution in [2.24, 2.45) is 4.99 Å². The summed E-state index contributed by atoms with van der Waals surface area (Å²) in [4.78, 5) is 18.6. The molecule has 2 aromatic carbocycles. The summed E-state index contributed by atoms with van der Waals surface area (Å²) in [7, 11) is -0.0960. The van der Waals surface area contributed by atoms with E-state index in [4.69, 9.17) is 14.2 Å². The van der Waals surface area contributed by atoms with E-state index in [0.29, 0.717) is 28.1 Å². The van der Waals surface area contributed by atoms with E-state index < -0.39 is 15.7 Å². The zero-order valence-electron chi connectivity index (χ0n) is 17.1. The van der Waals surface area contributed by atoms with Crippen molar-refractivity contribution in [1.29, 1.82) is 0 Å². The molecule has 2 aliphatic rings. The van der Waals surface area contributed by atoms with Gasteiger partial charge in [-0.15, -0.1) is 0 Å². The Morgan fingerprint density at radius 2 is 1.87 bits per heavy atom. The van der Waals surface area contributed by atoms with Gasteiger partial charge in [0.15, 0.2) is 21.6 Å². The van der Waals surface area contributed by atoms with Crippen LogP contribution in [0.2, 0.25) is 0 Å². The third-order valence-corrected chi connectivity index (χ3v) is 8.25. The maximum Gasteiger partial charge on any atom is 0.285 e. The number of para-hydroxylation sites is 1. The molecule has 2 heterocycles. The Morgan fingerprint density at radius 1 is 1.10 bits per heavy atom. The van der Waals surface area contributed by atoms with E-state index in [1.165, 1.54) is 18.9 Å². The van der Waals surface area contributed by atoms with Crippen molar-refractivity contribution in [2.45, 2.75) is 11.3 Å². The number of ether oxygens (including phenoxy) is 3. The van der Waals surface area contributed by atoms with Crippen molar-refractivity contribution >= 4 is 38.4 Å². The predicted octanol–water partition coefficient (Wildman–Crippen LogP) is 2.38. The van der Waals surface area contributed by atoms with Gasteiger partial charge in [-0.3, -0.25) is 4.79 Å². The maximum atomic E-state index is 12.5. The molecule has 0 bridgehead atoms. The van der Waals surface area contributed by atoms with Crippen LogP contribution >= 0.6 is 11.8 Å². The van der Waals surface area contributed by atoms with Crippen LogP contribution in [0.1, 0.15) is 0 Å². The molecule has 8 nitrogen and oxygen atoms in total. The van der Waals surface area contributed by atoms with Crippen molar-refractivity contribution in [3.05, 3.63) is 48.5 Å². The Labute approximate surface area is 185 Å². The topological polar surface area (TPSA) is 94.5 Å². The minimum Gasteiger partial charge on any atom is -0.497 e. The SMILES string of the molecule is COc1ccc(OC)c(N2C(=NC(=O)COc3ccccc3)S[C@H]3CS(=O)(=O)C[C@H]32)c1. The molecule has 2 fully saturated rings. The lowest BCUT2D eigenvalue weighted by atomic mass is 10.2. The monoisotopic (exact) mass is 462 g/mol. The molecule has 0 spiro atoms. The second-order valence-corrected chi connectivity index (χ2v) is 10.5. The van der Waals surface area contributed by atoms with Gasteiger partial charge in [0.05, 0.1) is 37.5 Å². The van der Waals surface area contributed by atoms with Gasteiger partial charge in [-0.05, 0) is 24.3 Å². The Hall–Kier alpha value is -2.72. The molecule has 2 saturated heterocycles. The van der Waals surface area contributed by atoms with Crippen LogP contribution < -0.4 is 19.1 Å². The highest BCUT2D eigenvalue weighted by Crippen LogP contribution is 2.44. The average Bonchev–Trinajstić information content (AvgIpc) is 3.23. The highest BCUT2D eigenvalue weighted by atomic mass is 32.2. The van der Waals surface area contributed by atoms with Crippen LogP contribution in [-0.4, -0.2) is 63.1 Å². The number of hydrogen-bond donors (Lipinski definition) is 0. The number of benzene rings is 2. The molecule has 164 valence electrons. The van der Waals surface area contributed by atoms with Crippen LogP contribution in [0.3, 0.4) is 0 Å². The molecule has 0 N–H and O–H groups in total. The Morgan fingerprint density at radius 3 is 2.58 bits per heavy atom. The zero-order valence-corrected chi connectivity index (χ0v) is 18.7. The van der Waals surface area contributed by atoms with Crippen molar-refractivity contribution < 1.29 is 27.4 Å². The molecule has 1 amide bonds. The first-order valence-corrected chi connectivity index (χ1v) is 12.3. The second kappa shape index (κ2) is 8.80. The van der Waals surface area contributed by atoms with Crippen LogP contribution in [0.25, 0.3) is 0 Å². The number of amidine groups is 1. The van der Waals surface area contributed by atoms with Crippen LogP contribution in [0.5, 0.6) is 17.2 Å². The van der Waals surface area contributed by atoms with Crippen LogP contribution in [-0.2, 0) is 14.6 Å². The summed E-state index contributed by atoms with van der Waals surface area (Å²) in [5, 5.41) is 0.209. The summed E-state index contributed by atoms with van der Waals surface area (Å²) in [5.41, 5.74) is 0.606. The molecule has 0 aliphatic carbocycles. The summed E-state index contributed by atoms with van der Waals surface area (Å²) in [6.07, 6.45) is 0. The lowest BCUT2D eigenvalue weighted by Gasteiger charge is -2.26. The Bertz CT molecular complexity index is 1100. The first kappa shape index (κ1) is 21.5. The first-order chi connectivity index (χ1) is 14.9. The maximum absolute atomic E-state index is 12.5. The fourth-order valence-corrected chi connectivity index (χ4v) is 7.56. The van der Waals surface area contributed by atoms with Gasteiger partial charge < -0.3 is 19.1 Å². The molecule has 4 rings (SSSR count). The zero-order chi connectivity index (χ0) is 22.0. The number of anilines is 1. The minimum absolute atomic E-state index is 0.0151. The molecular formula is C21H22N2O6S2. The smallest absolute Gasteiger partial charge is 0.285 e. The number of aliphatic imine (C=N–C) groups is 1. The van der Waals surface area contributed by atoms with Gasteiger partial charge in [-0.2, -0.15) is 4.99 Å². The summed E-state index contributed by atoms with van der Waals surface area (Å²) in [5.74, 6) is 1.26. The lowest BCUT2D eigenvalue weighted by molar-refractivity contribution is -0.119. The van der Waals surface area contributed by atoms with Gasteiger partial charge in [0, 0.05) is 11.3 Å². The van der Waals surface area contributed by atoms with Gasteiger partial charge in [0.25, 0.3) is 5.91 Å². The normalized spacial score (nSPS) is 22.9. The summed E-state index contributed by atoms with van der Waals surface area (Å²) < 4.78 is 40.9. The van der Waals surface area contributed by atoms with Gasteiger partial charge in [0.2, 0.25) is 0 Å². The number of carbonyl (C=O) groups is 1. The Kier molecular flexibility index (Phi) is 6.10. The van der Waals surface area contributed by atoms with E-state index in [-0.39, 0.29) is 29.4 Å². The number of rotatable bonds is 6. The number of carbonyl (C=O) groups excluding carboxylic acids is 1. The number of thioether (sulfide) groups is 1. The van der Waals surface area contributed by atoms with Gasteiger partial charge >= 0.3 is 0 Å². The average molecular weight is 463 g/mol. The molecule has 0 radical (unpaired) electrons. The van der Waals surface area contributed by atoms with Crippen molar-refractivity contribution in [2.75, 3.05) is 37.2 Å². The minimum atomic E-state index is -3.18. The van der Waals surface area contributed by atoms with Crippen molar-refractivity contribution in [1.82, 2.24) is 0 Å². The van der Waals surface area contributed by atoms with E-state index in [1.54, 1.807) is 42.3 Å². The number of fused-ring (bicyclic) bond motifs is 1. The molecule has 2 atom stereocenters. The molecule has 0 unspecified atom stereocenters. The fraction of sp³-hybridized carbons (Fsp3) is 0.333. The molecule has 10 heteroatoms. The highest BCUT2D eigenvalue weighted by molar-refractivity contribution is 8.16. The number of sulfone groups is 1. The standard InChI is InChI=1S/C21H22N2O6S2/c1-27-15-8-9-18(28-2)16(10-15)23-17-12-31(25,26)13-19(17)30-21(23)22-20(24)11-29-14-6-4-3-5-7-14/h3-10,17,19H,11-13H2,1-2H3/t17-,19+/m1/s1. The quantitative estimate of drug-likeness (QED) is 0.646. The Balaban J connectivity index is 1.65. The molecule has 31 heavy (non-hydrogen) atoms. The van der Waals surface area contributed by atoms with Gasteiger partial charge in [-0.25, -0.2) is 8.42 Å². The highest BCUT2D eigenvalue weighted by Gasteiger charge is 2.50. The third kappa shape index (κ3) is 4.64. The number of methoxy groups -OCH3 is 2. The van der Waals surface area contributed by atoms with E-state index >= 15 is 0 Å². The molecular weight excluding hydrogens is 440 g/mol. The predicted molar refractivity (Wildman–Crippen MR) is 120 cm³/mol. The molecule has 0 saturated carbocycles. The van der Waals surface area contributed by atoms with Gasteiger partial charge in [-0.1, -0.05) is 30.0 Å². The molecule has 2 aliphatic heterocycles. The second-order valence-electron chi connectivity index (χ2n) is 7.10. The van der Waals surface area contributed by atoms with E-state index in [0.717, 1.165) is 0 Å². The van der Waals surface area contributed by atoms with E-state index in [2.05, 4.69) is 4.99 Å². The number of nitrogens with zero attached hydrogens (tertiary/aromatic N) is 2. The summed E-state index contributed by atoms with van der Waals surface area (Å²) in [6, 6.07) is 13.9. The van der Waals surface area contributed by atoms with E-state index in [9.17, 15) is 13.2 Å². The van der Waals surface area contributed by atoms with Crippen LogP contribution in [0, 0.1) is 0 Å². The molecule has 0 aromatic heterocycles. The van der Waals surface area contributed by atoms with Crippen LogP contribution in [0.4, 0.5) is 5.69 Å². The largest absolute Gasteiger partial charge is 0.497 e. The van der Waals surface area contributed by atoms with Crippen molar-refractivity contribution in [3.63, 3.8) is 0 Å². The number of hydrogen-bond acceptors (Lipinski definition) is 7. The summed E-state index contributed by atoms with van der Waals surface area (Å²) in [6.45, 7) is -0.217. The van der Waals surface area contributed by atoms with Crippen LogP contribution in [0.15, 0.2) is 53.5 Å². The van der Waals surface area contributed by atoms with E-state index in [1.807, 2.05) is 18.2 Å².